The van der Waals surface area contributed by atoms with Gasteiger partial charge in [-0.25, -0.2) is 4.79 Å². The maximum absolute atomic E-state index is 11.8. The van der Waals surface area contributed by atoms with Crippen molar-refractivity contribution >= 4 is 23.3 Å². The standard InChI is InChI=1S/C16H22N2O4S/c1-20-14-6-5-11(8-13(14)15(19)21-2)9-17-16(23)18-10-12-4-3-7-22-12/h5-6,8,12H,3-4,7,9-10H2,1-2H3,(H2,17,18,23)/t12-/m0/s1. The van der Waals surface area contributed by atoms with Gasteiger partial charge in [-0.3, -0.25) is 0 Å². The topological polar surface area (TPSA) is 68.8 Å². The molecule has 1 aromatic carbocycles. The number of nitrogens with one attached hydrogen (secondary N) is 2. The van der Waals surface area contributed by atoms with E-state index in [2.05, 4.69) is 10.6 Å². The molecule has 0 bridgehead atoms. The molecule has 0 radical (unpaired) electrons. The molecule has 1 saturated heterocycles. The molecule has 2 rings (SSSR count). The van der Waals surface area contributed by atoms with Crippen molar-refractivity contribution < 1.29 is 19.0 Å². The number of hydrogen-bond donors (Lipinski definition) is 2. The second-order valence-corrected chi connectivity index (χ2v) is 5.63. The van der Waals surface area contributed by atoms with Crippen molar-refractivity contribution in [2.75, 3.05) is 27.4 Å². The first-order valence-corrected chi connectivity index (χ1v) is 7.93. The van der Waals surface area contributed by atoms with E-state index in [1.807, 2.05) is 6.07 Å². The molecule has 1 aliphatic heterocycles. The number of thiocarbonyl (C=S) groups is 1. The molecule has 1 atom stereocenters. The Bertz CT molecular complexity index is 559. The highest BCUT2D eigenvalue weighted by Crippen LogP contribution is 2.20. The first-order valence-electron chi connectivity index (χ1n) is 7.52. The van der Waals surface area contributed by atoms with E-state index in [0.29, 0.717) is 29.5 Å². The first-order chi connectivity index (χ1) is 11.1. The molecule has 1 heterocycles. The summed E-state index contributed by atoms with van der Waals surface area (Å²) in [5.41, 5.74) is 1.31. The van der Waals surface area contributed by atoms with Gasteiger partial charge in [0.25, 0.3) is 0 Å². The Balaban J connectivity index is 1.86. The zero-order valence-corrected chi connectivity index (χ0v) is 14.2. The van der Waals surface area contributed by atoms with Crippen molar-refractivity contribution in [3.63, 3.8) is 0 Å². The third kappa shape index (κ3) is 5.07. The van der Waals surface area contributed by atoms with Gasteiger partial charge in [0, 0.05) is 19.7 Å². The van der Waals surface area contributed by atoms with Crippen molar-refractivity contribution in [2.24, 2.45) is 0 Å². The second kappa shape index (κ2) is 8.69. The lowest BCUT2D eigenvalue weighted by atomic mass is 10.1. The van der Waals surface area contributed by atoms with Gasteiger partial charge in [0.15, 0.2) is 5.11 Å². The summed E-state index contributed by atoms with van der Waals surface area (Å²) in [6.07, 6.45) is 2.41. The molecule has 1 fully saturated rings. The molecule has 23 heavy (non-hydrogen) atoms. The SMILES string of the molecule is COC(=O)c1cc(CNC(=S)NC[C@@H]2CCCO2)ccc1OC. The fourth-order valence-electron chi connectivity index (χ4n) is 2.39. The minimum atomic E-state index is -0.428. The lowest BCUT2D eigenvalue weighted by molar-refractivity contribution is 0.0597. The van der Waals surface area contributed by atoms with E-state index in [1.165, 1.54) is 14.2 Å². The minimum Gasteiger partial charge on any atom is -0.496 e. The lowest BCUT2D eigenvalue weighted by Crippen LogP contribution is -2.39. The zero-order chi connectivity index (χ0) is 16.7. The van der Waals surface area contributed by atoms with Crippen LogP contribution in [0.25, 0.3) is 0 Å². The van der Waals surface area contributed by atoms with Crippen LogP contribution in [0.5, 0.6) is 5.75 Å². The summed E-state index contributed by atoms with van der Waals surface area (Å²) in [7, 11) is 2.86. The number of carbonyl (C=O) groups excluding carboxylic acids is 1. The molecular weight excluding hydrogens is 316 g/mol. The Morgan fingerprint density at radius 1 is 1.39 bits per heavy atom. The van der Waals surface area contributed by atoms with Crippen LogP contribution in [0.2, 0.25) is 0 Å². The van der Waals surface area contributed by atoms with Gasteiger partial charge in [0.05, 0.1) is 20.3 Å². The highest BCUT2D eigenvalue weighted by atomic mass is 32.1. The van der Waals surface area contributed by atoms with Gasteiger partial charge in [0.1, 0.15) is 11.3 Å². The summed E-state index contributed by atoms with van der Waals surface area (Å²) in [5.74, 6) is 0.0578. The van der Waals surface area contributed by atoms with Crippen LogP contribution in [0.15, 0.2) is 18.2 Å². The predicted molar refractivity (Wildman–Crippen MR) is 90.7 cm³/mol. The molecular formula is C16H22N2O4S. The van der Waals surface area contributed by atoms with Crippen LogP contribution in [0.4, 0.5) is 0 Å². The molecule has 2 N–H and O–H groups in total. The monoisotopic (exact) mass is 338 g/mol. The molecule has 6 nitrogen and oxygen atoms in total. The quantitative estimate of drug-likeness (QED) is 0.603. The van der Waals surface area contributed by atoms with Crippen LogP contribution in [0, 0.1) is 0 Å². The molecule has 0 aromatic heterocycles. The fraction of sp³-hybridized carbons (Fsp3) is 0.500. The van der Waals surface area contributed by atoms with Gasteiger partial charge < -0.3 is 24.8 Å². The number of methoxy groups -OCH3 is 2. The zero-order valence-electron chi connectivity index (χ0n) is 13.4. The summed E-state index contributed by atoms with van der Waals surface area (Å²) in [5, 5.41) is 6.83. The van der Waals surface area contributed by atoms with E-state index in [9.17, 15) is 4.79 Å². The highest BCUT2D eigenvalue weighted by molar-refractivity contribution is 7.80. The summed E-state index contributed by atoms with van der Waals surface area (Å²) in [4.78, 5) is 11.8. The number of ether oxygens (including phenoxy) is 3. The molecule has 0 amide bonds. The summed E-state index contributed by atoms with van der Waals surface area (Å²) < 4.78 is 15.5. The van der Waals surface area contributed by atoms with Gasteiger partial charge in [0.2, 0.25) is 0 Å². The Hall–Kier alpha value is -1.86. The van der Waals surface area contributed by atoms with E-state index < -0.39 is 5.97 Å². The third-order valence-electron chi connectivity index (χ3n) is 3.64. The normalized spacial score (nSPS) is 16.7. The number of hydrogen-bond acceptors (Lipinski definition) is 5. The van der Waals surface area contributed by atoms with Gasteiger partial charge >= 0.3 is 5.97 Å². The largest absolute Gasteiger partial charge is 0.496 e. The van der Waals surface area contributed by atoms with Gasteiger partial charge in [-0.2, -0.15) is 0 Å². The summed E-state index contributed by atoms with van der Waals surface area (Å²) >= 11 is 5.25. The molecule has 0 aliphatic carbocycles. The van der Waals surface area contributed by atoms with Crippen molar-refractivity contribution in [3.8, 4) is 5.75 Å². The van der Waals surface area contributed by atoms with E-state index in [4.69, 9.17) is 26.4 Å². The average Bonchev–Trinajstić information content (AvgIpc) is 3.10. The smallest absolute Gasteiger partial charge is 0.341 e. The summed E-state index contributed by atoms with van der Waals surface area (Å²) in [6, 6.07) is 5.35. The second-order valence-electron chi connectivity index (χ2n) is 5.22. The Kier molecular flexibility index (Phi) is 6.61. The molecule has 126 valence electrons. The lowest BCUT2D eigenvalue weighted by Gasteiger charge is -2.14. The number of benzene rings is 1. The van der Waals surface area contributed by atoms with E-state index in [-0.39, 0.29) is 6.10 Å². The molecule has 1 aromatic rings. The van der Waals surface area contributed by atoms with Crippen LogP contribution >= 0.6 is 12.2 Å². The minimum absolute atomic E-state index is 0.238. The molecule has 0 spiro atoms. The van der Waals surface area contributed by atoms with Crippen molar-refractivity contribution in [1.29, 1.82) is 0 Å². The summed E-state index contributed by atoms with van der Waals surface area (Å²) in [6.45, 7) is 2.04. The number of esters is 1. The van der Waals surface area contributed by atoms with Gasteiger partial charge in [-0.1, -0.05) is 6.07 Å². The molecule has 0 unspecified atom stereocenters. The molecule has 0 saturated carbocycles. The number of carbonyl (C=O) groups is 1. The fourth-order valence-corrected chi connectivity index (χ4v) is 2.55. The van der Waals surface area contributed by atoms with Crippen molar-refractivity contribution in [1.82, 2.24) is 10.6 Å². The maximum atomic E-state index is 11.8. The Morgan fingerprint density at radius 2 is 2.22 bits per heavy atom. The third-order valence-corrected chi connectivity index (χ3v) is 3.93. The van der Waals surface area contributed by atoms with Crippen molar-refractivity contribution in [3.05, 3.63) is 29.3 Å². The molecule has 7 heteroatoms. The van der Waals surface area contributed by atoms with Crippen LogP contribution in [-0.2, 0) is 16.0 Å². The Labute approximate surface area is 141 Å². The van der Waals surface area contributed by atoms with Crippen LogP contribution in [0.1, 0.15) is 28.8 Å². The predicted octanol–water partition coefficient (Wildman–Crippen LogP) is 1.62. The van der Waals surface area contributed by atoms with Gasteiger partial charge in [-0.05, 0) is 42.8 Å². The maximum Gasteiger partial charge on any atom is 0.341 e. The molecule has 1 aliphatic rings. The first kappa shape index (κ1) is 17.5. The average molecular weight is 338 g/mol. The van der Waals surface area contributed by atoms with E-state index in [0.717, 1.165) is 25.0 Å². The van der Waals surface area contributed by atoms with E-state index >= 15 is 0 Å². The van der Waals surface area contributed by atoms with Gasteiger partial charge in [-0.15, -0.1) is 0 Å². The highest BCUT2D eigenvalue weighted by Gasteiger charge is 2.16. The number of rotatable bonds is 6. The van der Waals surface area contributed by atoms with Crippen LogP contribution < -0.4 is 15.4 Å². The van der Waals surface area contributed by atoms with Crippen molar-refractivity contribution in [2.45, 2.75) is 25.5 Å². The van der Waals surface area contributed by atoms with E-state index in [1.54, 1.807) is 12.1 Å². The van der Waals surface area contributed by atoms with Crippen LogP contribution in [-0.4, -0.2) is 44.6 Å². The Morgan fingerprint density at radius 3 is 2.87 bits per heavy atom. The van der Waals surface area contributed by atoms with Crippen LogP contribution in [0.3, 0.4) is 0 Å².